The van der Waals surface area contributed by atoms with E-state index in [0.29, 0.717) is 12.2 Å². The maximum absolute atomic E-state index is 12.5. The van der Waals surface area contributed by atoms with Crippen LogP contribution in [0, 0.1) is 0 Å². The molecule has 0 fully saturated rings. The molecule has 1 aromatic carbocycles. The fourth-order valence-electron chi connectivity index (χ4n) is 3.37. The zero-order chi connectivity index (χ0) is 20.5. The van der Waals surface area contributed by atoms with E-state index in [1.807, 2.05) is 32.0 Å². The van der Waals surface area contributed by atoms with Crippen LogP contribution in [0.2, 0.25) is 0 Å². The highest BCUT2D eigenvalue weighted by molar-refractivity contribution is 6.05. The summed E-state index contributed by atoms with van der Waals surface area (Å²) in [6, 6.07) is 5.58. The summed E-state index contributed by atoms with van der Waals surface area (Å²) in [6.45, 7) is 4.12. The summed E-state index contributed by atoms with van der Waals surface area (Å²) in [5.74, 6) is -1.34. The van der Waals surface area contributed by atoms with Gasteiger partial charge in [0.05, 0.1) is 25.2 Å². The largest absolute Gasteiger partial charge is 0.465 e. The lowest BCUT2D eigenvalue weighted by Gasteiger charge is -2.33. The third-order valence-electron chi connectivity index (χ3n) is 4.94. The first-order valence-corrected chi connectivity index (χ1v) is 8.78. The van der Waals surface area contributed by atoms with Crippen LogP contribution < -0.4 is 10.2 Å². The molecular formula is C21H22N2O5. The number of amides is 1. The van der Waals surface area contributed by atoms with Crippen molar-refractivity contribution in [3.63, 3.8) is 0 Å². The van der Waals surface area contributed by atoms with Crippen molar-refractivity contribution in [3.05, 3.63) is 65.0 Å². The smallest absolute Gasteiger partial charge is 0.355 e. The molecule has 1 amide bonds. The molecule has 146 valence electrons. The van der Waals surface area contributed by atoms with Crippen LogP contribution in [0.1, 0.15) is 25.0 Å². The number of carbonyl (C=O) groups is 3. The highest BCUT2D eigenvalue weighted by atomic mass is 16.5. The molecule has 0 unspecified atom stereocenters. The molecule has 2 heterocycles. The zero-order valence-corrected chi connectivity index (χ0v) is 16.2. The Morgan fingerprint density at radius 1 is 1.11 bits per heavy atom. The molecule has 7 heteroatoms. The van der Waals surface area contributed by atoms with Crippen molar-refractivity contribution in [2.75, 3.05) is 19.1 Å². The Labute approximate surface area is 163 Å². The van der Waals surface area contributed by atoms with Gasteiger partial charge >= 0.3 is 11.9 Å². The maximum atomic E-state index is 12.5. The zero-order valence-electron chi connectivity index (χ0n) is 16.2. The Balaban J connectivity index is 2.15. The number of hydrogen-bond acceptors (Lipinski definition) is 6. The molecule has 0 saturated carbocycles. The molecule has 0 saturated heterocycles. The summed E-state index contributed by atoms with van der Waals surface area (Å²) in [6.07, 6.45) is 6.55. The normalized spacial score (nSPS) is 17.6. The molecule has 1 N–H and O–H groups in total. The van der Waals surface area contributed by atoms with Gasteiger partial charge in [0.25, 0.3) is 0 Å². The van der Waals surface area contributed by atoms with Gasteiger partial charge in [-0.1, -0.05) is 12.1 Å². The van der Waals surface area contributed by atoms with E-state index in [-0.39, 0.29) is 17.2 Å². The number of benzene rings is 1. The Kier molecular flexibility index (Phi) is 5.09. The number of anilines is 1. The number of hydrogen-bond donors (Lipinski definition) is 1. The van der Waals surface area contributed by atoms with Crippen LogP contribution >= 0.6 is 0 Å². The molecule has 7 nitrogen and oxygen atoms in total. The van der Waals surface area contributed by atoms with Crippen molar-refractivity contribution in [1.29, 1.82) is 0 Å². The number of nitrogens with one attached hydrogen (secondary N) is 1. The van der Waals surface area contributed by atoms with Crippen LogP contribution in [0.25, 0.3) is 0 Å². The lowest BCUT2D eigenvalue weighted by Crippen LogP contribution is -2.44. The summed E-state index contributed by atoms with van der Waals surface area (Å²) >= 11 is 0. The van der Waals surface area contributed by atoms with Crippen molar-refractivity contribution in [2.24, 2.45) is 0 Å². The molecule has 3 rings (SSSR count). The van der Waals surface area contributed by atoms with Gasteiger partial charge < -0.3 is 19.7 Å². The predicted octanol–water partition coefficient (Wildman–Crippen LogP) is 2.08. The van der Waals surface area contributed by atoms with E-state index in [9.17, 15) is 14.4 Å². The van der Waals surface area contributed by atoms with E-state index in [1.165, 1.54) is 20.3 Å². The van der Waals surface area contributed by atoms with Gasteiger partial charge in [0.15, 0.2) is 0 Å². The molecule has 0 atom stereocenters. The van der Waals surface area contributed by atoms with E-state index in [2.05, 4.69) is 5.32 Å². The fourth-order valence-corrected chi connectivity index (χ4v) is 3.37. The molecule has 0 aromatic heterocycles. The number of methoxy groups -OCH3 is 2. The Hall–Kier alpha value is -3.35. The van der Waals surface area contributed by atoms with Crippen LogP contribution in [-0.2, 0) is 35.8 Å². The lowest BCUT2D eigenvalue weighted by molar-refractivity contribution is -0.139. The maximum Gasteiger partial charge on any atom is 0.355 e. The predicted molar refractivity (Wildman–Crippen MR) is 103 cm³/mol. The quantitative estimate of drug-likeness (QED) is 0.806. The number of ether oxygens (including phenoxy) is 2. The van der Waals surface area contributed by atoms with Gasteiger partial charge in [-0.05, 0) is 49.3 Å². The van der Waals surface area contributed by atoms with E-state index < -0.39 is 17.4 Å². The van der Waals surface area contributed by atoms with Crippen molar-refractivity contribution in [3.8, 4) is 0 Å². The average Bonchev–Trinajstić information content (AvgIpc) is 2.92. The summed E-state index contributed by atoms with van der Waals surface area (Å²) in [5.41, 5.74) is 2.02. The van der Waals surface area contributed by atoms with Gasteiger partial charge in [0.1, 0.15) is 5.70 Å². The third-order valence-corrected chi connectivity index (χ3v) is 4.94. The molecule has 0 spiro atoms. The van der Waals surface area contributed by atoms with Crippen LogP contribution in [-0.4, -0.2) is 32.1 Å². The number of esters is 2. The van der Waals surface area contributed by atoms with Gasteiger partial charge in [-0.15, -0.1) is 0 Å². The number of rotatable bonds is 3. The minimum Gasteiger partial charge on any atom is -0.465 e. The van der Waals surface area contributed by atoms with Gasteiger partial charge in [-0.3, -0.25) is 4.79 Å². The minimum atomic E-state index is -0.664. The molecule has 0 aliphatic carbocycles. The van der Waals surface area contributed by atoms with Crippen LogP contribution in [0.15, 0.2) is 53.9 Å². The third kappa shape index (κ3) is 3.19. The topological polar surface area (TPSA) is 84.9 Å². The van der Waals surface area contributed by atoms with Crippen molar-refractivity contribution in [1.82, 2.24) is 5.32 Å². The van der Waals surface area contributed by atoms with E-state index in [4.69, 9.17) is 9.47 Å². The highest BCUT2D eigenvalue weighted by Crippen LogP contribution is 2.35. The minimum absolute atomic E-state index is 0.0326. The van der Waals surface area contributed by atoms with Gasteiger partial charge in [0, 0.05) is 18.4 Å². The molecule has 2 aliphatic heterocycles. The monoisotopic (exact) mass is 382 g/mol. The van der Waals surface area contributed by atoms with E-state index in [0.717, 1.165) is 11.1 Å². The van der Waals surface area contributed by atoms with Crippen LogP contribution in [0.3, 0.4) is 0 Å². The number of allylic oxidation sites excluding steroid dienone is 2. The Morgan fingerprint density at radius 2 is 1.82 bits per heavy atom. The van der Waals surface area contributed by atoms with Crippen molar-refractivity contribution < 1.29 is 23.9 Å². The highest BCUT2D eigenvalue weighted by Gasteiger charge is 2.36. The summed E-state index contributed by atoms with van der Waals surface area (Å²) < 4.78 is 9.74. The summed E-state index contributed by atoms with van der Waals surface area (Å²) in [4.78, 5) is 38.5. The molecule has 1 aromatic rings. The fraction of sp³-hybridized carbons (Fsp3) is 0.286. The Bertz CT molecular complexity index is 940. The average molecular weight is 382 g/mol. The van der Waals surface area contributed by atoms with Gasteiger partial charge in [0.2, 0.25) is 5.91 Å². The second-order valence-electron chi connectivity index (χ2n) is 6.97. The molecule has 0 bridgehead atoms. The van der Waals surface area contributed by atoms with Crippen molar-refractivity contribution in [2.45, 2.75) is 25.8 Å². The standard InChI is InChI=1S/C21H22N2O5/c1-21(2)16-9-8-14(11-13(16)12-22-20(21)26)23-10-6-5-7-15(18(24)27-3)17(23)19(25)28-4/h5-11H,12H2,1-4H3,(H,22,26). The van der Waals surface area contributed by atoms with Crippen LogP contribution in [0.4, 0.5) is 5.69 Å². The second-order valence-corrected chi connectivity index (χ2v) is 6.97. The Morgan fingerprint density at radius 3 is 2.50 bits per heavy atom. The number of nitrogens with zero attached hydrogens (tertiary/aromatic N) is 1. The molecule has 2 aliphatic rings. The number of carbonyl (C=O) groups excluding carboxylic acids is 3. The lowest BCUT2D eigenvalue weighted by atomic mass is 9.78. The molecular weight excluding hydrogens is 360 g/mol. The molecule has 28 heavy (non-hydrogen) atoms. The summed E-state index contributed by atoms with van der Waals surface area (Å²) in [5, 5.41) is 2.89. The van der Waals surface area contributed by atoms with Gasteiger partial charge in [-0.2, -0.15) is 0 Å². The first kappa shape index (κ1) is 19.4. The van der Waals surface area contributed by atoms with E-state index >= 15 is 0 Å². The van der Waals surface area contributed by atoms with Crippen LogP contribution in [0.5, 0.6) is 0 Å². The first-order valence-electron chi connectivity index (χ1n) is 8.78. The molecule has 0 radical (unpaired) electrons. The van der Waals surface area contributed by atoms with E-state index in [1.54, 1.807) is 23.3 Å². The van der Waals surface area contributed by atoms with Crippen molar-refractivity contribution >= 4 is 23.5 Å². The first-order chi connectivity index (χ1) is 13.3. The number of fused-ring (bicyclic) bond motifs is 1. The summed E-state index contributed by atoms with van der Waals surface area (Å²) in [7, 11) is 2.51. The SMILES string of the molecule is COC(=O)C1=C(C(=O)OC)N(c2ccc3c(c2)CNC(=O)C3(C)C)C=CC=C1. The van der Waals surface area contributed by atoms with Gasteiger partial charge in [-0.25, -0.2) is 9.59 Å². The second kappa shape index (κ2) is 7.34.